The molecule has 3 atom stereocenters. The Kier molecular flexibility index (Phi) is 3.39. The zero-order chi connectivity index (χ0) is 10.1. The number of hydrogen-bond donors (Lipinski definition) is 1. The van der Waals surface area contributed by atoms with Crippen molar-refractivity contribution in [3.8, 4) is 0 Å². The summed E-state index contributed by atoms with van der Waals surface area (Å²) in [6, 6.07) is 0. The summed E-state index contributed by atoms with van der Waals surface area (Å²) in [5.41, 5.74) is 6.54. The van der Waals surface area contributed by atoms with Crippen molar-refractivity contribution in [2.45, 2.75) is 58.9 Å². The standard InChI is InChI=1S/C12H25N/c1-5-7-12(13)8-11(12)10(6-2)9(3)4/h9-11H,5-8,13H2,1-4H3. The van der Waals surface area contributed by atoms with E-state index in [9.17, 15) is 0 Å². The van der Waals surface area contributed by atoms with Crippen molar-refractivity contribution in [3.05, 3.63) is 0 Å². The van der Waals surface area contributed by atoms with Gasteiger partial charge in [0.25, 0.3) is 0 Å². The molecule has 0 heterocycles. The highest BCUT2D eigenvalue weighted by molar-refractivity contribution is 5.09. The van der Waals surface area contributed by atoms with Crippen molar-refractivity contribution >= 4 is 0 Å². The van der Waals surface area contributed by atoms with Crippen molar-refractivity contribution in [1.29, 1.82) is 0 Å². The number of nitrogens with two attached hydrogens (primary N) is 1. The average Bonchev–Trinajstić information content (AvgIpc) is 2.63. The fourth-order valence-electron chi connectivity index (χ4n) is 2.90. The number of hydrogen-bond acceptors (Lipinski definition) is 1. The van der Waals surface area contributed by atoms with E-state index in [0.717, 1.165) is 17.8 Å². The summed E-state index contributed by atoms with van der Waals surface area (Å²) in [4.78, 5) is 0. The summed E-state index contributed by atoms with van der Waals surface area (Å²) in [7, 11) is 0. The predicted molar refractivity (Wildman–Crippen MR) is 58.6 cm³/mol. The fraction of sp³-hybridized carbons (Fsp3) is 1.00. The molecule has 0 aromatic rings. The molecule has 1 heteroatoms. The van der Waals surface area contributed by atoms with E-state index >= 15 is 0 Å². The lowest BCUT2D eigenvalue weighted by molar-refractivity contribution is 0.299. The summed E-state index contributed by atoms with van der Waals surface area (Å²) in [6.07, 6.45) is 5.03. The molecule has 0 bridgehead atoms. The summed E-state index contributed by atoms with van der Waals surface area (Å²) in [5, 5.41) is 0. The Morgan fingerprint density at radius 2 is 2.00 bits per heavy atom. The van der Waals surface area contributed by atoms with Gasteiger partial charge >= 0.3 is 0 Å². The van der Waals surface area contributed by atoms with Gasteiger partial charge < -0.3 is 5.73 Å². The Balaban J connectivity index is 2.47. The van der Waals surface area contributed by atoms with Crippen LogP contribution in [0.4, 0.5) is 0 Å². The first-order chi connectivity index (χ1) is 6.05. The van der Waals surface area contributed by atoms with Crippen molar-refractivity contribution in [3.63, 3.8) is 0 Å². The first kappa shape index (κ1) is 11.0. The van der Waals surface area contributed by atoms with E-state index in [2.05, 4.69) is 27.7 Å². The molecule has 1 saturated carbocycles. The first-order valence-electron chi connectivity index (χ1n) is 5.84. The minimum absolute atomic E-state index is 0.222. The lowest BCUT2D eigenvalue weighted by Gasteiger charge is -2.22. The molecule has 1 nitrogen and oxygen atoms in total. The lowest BCUT2D eigenvalue weighted by Crippen LogP contribution is -2.28. The van der Waals surface area contributed by atoms with Crippen molar-refractivity contribution in [2.24, 2.45) is 23.5 Å². The van der Waals surface area contributed by atoms with Crippen molar-refractivity contribution < 1.29 is 0 Å². The van der Waals surface area contributed by atoms with Gasteiger partial charge in [-0.3, -0.25) is 0 Å². The van der Waals surface area contributed by atoms with E-state index in [-0.39, 0.29) is 5.54 Å². The topological polar surface area (TPSA) is 26.0 Å². The molecule has 1 aliphatic rings. The van der Waals surface area contributed by atoms with Gasteiger partial charge in [0.2, 0.25) is 0 Å². The predicted octanol–water partition coefficient (Wildman–Crippen LogP) is 3.19. The molecule has 0 aromatic heterocycles. The van der Waals surface area contributed by atoms with E-state index in [1.165, 1.54) is 25.7 Å². The summed E-state index contributed by atoms with van der Waals surface area (Å²) < 4.78 is 0. The van der Waals surface area contributed by atoms with Crippen LogP contribution in [-0.4, -0.2) is 5.54 Å². The van der Waals surface area contributed by atoms with Crippen LogP contribution in [0.3, 0.4) is 0 Å². The molecule has 13 heavy (non-hydrogen) atoms. The Morgan fingerprint density at radius 1 is 1.38 bits per heavy atom. The molecule has 78 valence electrons. The molecule has 0 saturated heterocycles. The second kappa shape index (κ2) is 4.00. The maximum Gasteiger partial charge on any atom is 0.0189 e. The molecule has 2 N–H and O–H groups in total. The maximum absolute atomic E-state index is 6.32. The van der Waals surface area contributed by atoms with Gasteiger partial charge in [-0.05, 0) is 30.6 Å². The summed E-state index contributed by atoms with van der Waals surface area (Å²) in [5.74, 6) is 2.48. The number of rotatable bonds is 5. The van der Waals surface area contributed by atoms with Crippen LogP contribution in [0, 0.1) is 17.8 Å². The van der Waals surface area contributed by atoms with Gasteiger partial charge in [-0.2, -0.15) is 0 Å². The quantitative estimate of drug-likeness (QED) is 0.696. The van der Waals surface area contributed by atoms with Crippen molar-refractivity contribution in [1.82, 2.24) is 0 Å². The van der Waals surface area contributed by atoms with E-state index in [4.69, 9.17) is 5.73 Å². The second-order valence-electron chi connectivity index (χ2n) is 5.11. The summed E-state index contributed by atoms with van der Waals surface area (Å²) in [6.45, 7) is 9.20. The maximum atomic E-state index is 6.32. The second-order valence-corrected chi connectivity index (χ2v) is 5.11. The molecule has 1 fully saturated rings. The van der Waals surface area contributed by atoms with Crippen LogP contribution >= 0.6 is 0 Å². The van der Waals surface area contributed by atoms with Gasteiger partial charge in [0, 0.05) is 5.54 Å². The minimum atomic E-state index is 0.222. The molecule has 3 unspecified atom stereocenters. The SMILES string of the molecule is CCCC1(N)CC1C(CC)C(C)C. The molecular formula is C12H25N. The smallest absolute Gasteiger partial charge is 0.0189 e. The Labute approximate surface area is 83.1 Å². The zero-order valence-corrected chi connectivity index (χ0v) is 9.64. The Bertz CT molecular complexity index is 165. The van der Waals surface area contributed by atoms with Gasteiger partial charge in [-0.15, -0.1) is 0 Å². The largest absolute Gasteiger partial charge is 0.325 e. The minimum Gasteiger partial charge on any atom is -0.325 e. The van der Waals surface area contributed by atoms with E-state index in [1.54, 1.807) is 0 Å². The molecule has 1 aliphatic carbocycles. The van der Waals surface area contributed by atoms with Gasteiger partial charge in [0.1, 0.15) is 0 Å². The molecule has 0 amide bonds. The molecule has 0 spiro atoms. The van der Waals surface area contributed by atoms with Gasteiger partial charge in [-0.25, -0.2) is 0 Å². The molecular weight excluding hydrogens is 158 g/mol. The van der Waals surface area contributed by atoms with E-state index < -0.39 is 0 Å². The summed E-state index contributed by atoms with van der Waals surface area (Å²) >= 11 is 0. The van der Waals surface area contributed by atoms with E-state index in [1.807, 2.05) is 0 Å². The van der Waals surface area contributed by atoms with Crippen LogP contribution in [0.1, 0.15) is 53.4 Å². The van der Waals surface area contributed by atoms with Gasteiger partial charge in [0.15, 0.2) is 0 Å². The highest BCUT2D eigenvalue weighted by Crippen LogP contribution is 2.52. The normalized spacial score (nSPS) is 35.1. The van der Waals surface area contributed by atoms with Crippen molar-refractivity contribution in [2.75, 3.05) is 0 Å². The molecule has 0 aliphatic heterocycles. The monoisotopic (exact) mass is 183 g/mol. The van der Waals surface area contributed by atoms with Crippen LogP contribution < -0.4 is 5.73 Å². The lowest BCUT2D eigenvalue weighted by atomic mass is 9.86. The van der Waals surface area contributed by atoms with Gasteiger partial charge in [-0.1, -0.05) is 40.5 Å². The highest BCUT2D eigenvalue weighted by atomic mass is 14.9. The van der Waals surface area contributed by atoms with Crippen LogP contribution in [0.5, 0.6) is 0 Å². The van der Waals surface area contributed by atoms with Crippen LogP contribution in [-0.2, 0) is 0 Å². The highest BCUT2D eigenvalue weighted by Gasteiger charge is 2.53. The third-order valence-corrected chi connectivity index (χ3v) is 3.74. The fourth-order valence-corrected chi connectivity index (χ4v) is 2.90. The average molecular weight is 183 g/mol. The molecule has 0 aromatic carbocycles. The Hall–Kier alpha value is -0.0400. The first-order valence-corrected chi connectivity index (χ1v) is 5.84. The van der Waals surface area contributed by atoms with E-state index in [0.29, 0.717) is 0 Å². The van der Waals surface area contributed by atoms with Crippen LogP contribution in [0.25, 0.3) is 0 Å². The third-order valence-electron chi connectivity index (χ3n) is 3.74. The van der Waals surface area contributed by atoms with Crippen LogP contribution in [0.15, 0.2) is 0 Å². The molecule has 0 radical (unpaired) electrons. The third kappa shape index (κ3) is 2.25. The molecule has 1 rings (SSSR count). The van der Waals surface area contributed by atoms with Gasteiger partial charge in [0.05, 0.1) is 0 Å². The zero-order valence-electron chi connectivity index (χ0n) is 9.64. The Morgan fingerprint density at radius 3 is 2.38 bits per heavy atom. The van der Waals surface area contributed by atoms with Crippen LogP contribution in [0.2, 0.25) is 0 Å².